The fourth-order valence-electron chi connectivity index (χ4n) is 2.84. The zero-order chi connectivity index (χ0) is 20.5. The summed E-state index contributed by atoms with van der Waals surface area (Å²) in [5.41, 5.74) is 1.13. The summed E-state index contributed by atoms with van der Waals surface area (Å²) in [6.07, 6.45) is 15.0. The summed E-state index contributed by atoms with van der Waals surface area (Å²) in [6.45, 7) is 0. The van der Waals surface area contributed by atoms with Crippen LogP contribution in [0.1, 0.15) is 75.3 Å². The van der Waals surface area contributed by atoms with Crippen LogP contribution in [0.15, 0.2) is 48.5 Å². The predicted octanol–water partition coefficient (Wildman–Crippen LogP) is 6.43. The molecule has 4 nitrogen and oxygen atoms in total. The van der Waals surface area contributed by atoms with Crippen LogP contribution in [-0.2, 0) is 21.7 Å². The monoisotopic (exact) mass is 426 g/mol. The summed E-state index contributed by atoms with van der Waals surface area (Å²) < 4.78 is 0. The van der Waals surface area contributed by atoms with Gasteiger partial charge in [0.05, 0.1) is 23.3 Å². The number of hydrogen-bond acceptors (Lipinski definition) is 4. The largest absolute Gasteiger partial charge is 2.00 e. The quantitative estimate of drug-likeness (QED) is 0.476. The maximum absolute atomic E-state index is 8.74. The summed E-state index contributed by atoms with van der Waals surface area (Å²) in [4.78, 5) is 0. The van der Waals surface area contributed by atoms with E-state index in [4.69, 9.17) is 20.7 Å². The van der Waals surface area contributed by atoms with Gasteiger partial charge < -0.3 is 10.2 Å². The normalized spacial score (nSPS) is 13.4. The molecule has 150 valence electrons. The minimum absolute atomic E-state index is 0. The standard InChI is InChI=1S/2C7H5NO.2C5H10.Ti/c2*8-5-6-1-3-7(9)4-2-6;2*1-2-4-5-3-1;/h2*1-4,9H;2*1-5H2;/q;;;;+2. The number of benzene rings is 2. The van der Waals surface area contributed by atoms with Crippen molar-refractivity contribution >= 4 is 0 Å². The van der Waals surface area contributed by atoms with Gasteiger partial charge in [0.25, 0.3) is 0 Å². The number of nitrogens with zero attached hydrogens (tertiary/aromatic N) is 2. The molecule has 2 N–H and O–H groups in total. The van der Waals surface area contributed by atoms with E-state index in [9.17, 15) is 0 Å². The minimum Gasteiger partial charge on any atom is -0.508 e. The van der Waals surface area contributed by atoms with Gasteiger partial charge in [-0.25, -0.2) is 0 Å². The first-order valence-electron chi connectivity index (χ1n) is 10.0. The van der Waals surface area contributed by atoms with Gasteiger partial charge in [0, 0.05) is 0 Å². The fourth-order valence-corrected chi connectivity index (χ4v) is 2.84. The molecule has 0 spiro atoms. The molecule has 0 aliphatic heterocycles. The number of phenols is 2. The van der Waals surface area contributed by atoms with Gasteiger partial charge >= 0.3 is 21.7 Å². The van der Waals surface area contributed by atoms with Gasteiger partial charge in [0.2, 0.25) is 0 Å². The summed E-state index contributed by atoms with van der Waals surface area (Å²) in [6, 6.07) is 16.1. The minimum atomic E-state index is 0. The van der Waals surface area contributed by atoms with Gasteiger partial charge in [-0.15, -0.1) is 0 Å². The average molecular weight is 426 g/mol. The summed E-state index contributed by atoms with van der Waals surface area (Å²) >= 11 is 0. The van der Waals surface area contributed by atoms with Crippen LogP contribution in [0, 0.1) is 22.7 Å². The first-order valence-corrected chi connectivity index (χ1v) is 10.0. The third-order valence-electron chi connectivity index (χ3n) is 4.49. The molecule has 4 rings (SSSR count). The van der Waals surface area contributed by atoms with Crippen molar-refractivity contribution < 1.29 is 31.9 Å². The first kappa shape index (κ1) is 26.7. The Bertz CT molecular complexity index is 643. The van der Waals surface area contributed by atoms with Gasteiger partial charge in [-0.1, -0.05) is 64.2 Å². The van der Waals surface area contributed by atoms with Crippen molar-refractivity contribution in [3.63, 3.8) is 0 Å². The van der Waals surface area contributed by atoms with E-state index in [-0.39, 0.29) is 33.2 Å². The van der Waals surface area contributed by atoms with E-state index in [1.807, 2.05) is 12.1 Å². The number of phenolic OH excluding ortho intramolecular Hbond substituents is 2. The van der Waals surface area contributed by atoms with Crippen molar-refractivity contribution in [1.29, 1.82) is 10.5 Å². The van der Waals surface area contributed by atoms with Crippen molar-refractivity contribution in [3.05, 3.63) is 59.7 Å². The molecule has 0 heterocycles. The smallest absolute Gasteiger partial charge is 0.508 e. The number of aromatic hydroxyl groups is 2. The molecule has 2 aromatic carbocycles. The second-order valence-corrected chi connectivity index (χ2v) is 6.85. The van der Waals surface area contributed by atoms with Crippen molar-refractivity contribution in [1.82, 2.24) is 0 Å². The first-order chi connectivity index (χ1) is 13.7. The van der Waals surface area contributed by atoms with Crippen LogP contribution < -0.4 is 0 Å². The Morgan fingerprint density at radius 3 is 0.862 bits per heavy atom. The van der Waals surface area contributed by atoms with E-state index in [0.717, 1.165) is 0 Å². The number of nitriles is 2. The van der Waals surface area contributed by atoms with Crippen LogP contribution in [-0.4, -0.2) is 10.2 Å². The molecule has 0 amide bonds. The fraction of sp³-hybridized carbons (Fsp3) is 0.417. The van der Waals surface area contributed by atoms with Crippen LogP contribution in [0.3, 0.4) is 0 Å². The molecule has 0 saturated heterocycles. The maximum atomic E-state index is 8.74. The van der Waals surface area contributed by atoms with Gasteiger partial charge in [0.1, 0.15) is 11.5 Å². The molecule has 5 heteroatoms. The topological polar surface area (TPSA) is 88.0 Å². The van der Waals surface area contributed by atoms with Crippen LogP contribution in [0.25, 0.3) is 0 Å². The van der Waals surface area contributed by atoms with E-state index in [2.05, 4.69) is 0 Å². The Labute approximate surface area is 189 Å². The van der Waals surface area contributed by atoms with E-state index < -0.39 is 0 Å². The molecule has 2 aliphatic carbocycles. The third kappa shape index (κ3) is 14.4. The Hall–Kier alpha value is -2.27. The van der Waals surface area contributed by atoms with Gasteiger partial charge in [-0.05, 0) is 48.5 Å². The second kappa shape index (κ2) is 17.8. The maximum Gasteiger partial charge on any atom is 2.00 e. The van der Waals surface area contributed by atoms with Gasteiger partial charge in [-0.2, -0.15) is 10.5 Å². The molecule has 0 radical (unpaired) electrons. The summed E-state index contributed by atoms with van der Waals surface area (Å²) in [7, 11) is 0. The summed E-state index contributed by atoms with van der Waals surface area (Å²) in [5.74, 6) is 0.378. The van der Waals surface area contributed by atoms with Crippen molar-refractivity contribution in [2.24, 2.45) is 0 Å². The predicted molar refractivity (Wildman–Crippen MR) is 112 cm³/mol. The molecule has 0 bridgehead atoms. The van der Waals surface area contributed by atoms with Crippen molar-refractivity contribution in [2.45, 2.75) is 64.2 Å². The van der Waals surface area contributed by atoms with Crippen LogP contribution in [0.4, 0.5) is 0 Å². The van der Waals surface area contributed by atoms with Crippen LogP contribution in [0.2, 0.25) is 0 Å². The van der Waals surface area contributed by atoms with Crippen LogP contribution in [0.5, 0.6) is 11.5 Å². The zero-order valence-corrected chi connectivity index (χ0v) is 18.5. The average Bonchev–Trinajstić information content (AvgIpc) is 3.48. The third-order valence-corrected chi connectivity index (χ3v) is 4.49. The molecular formula is C24H30N2O2Ti+2. The van der Waals surface area contributed by atoms with E-state index in [0.29, 0.717) is 11.1 Å². The van der Waals surface area contributed by atoms with Crippen molar-refractivity contribution in [3.8, 4) is 23.6 Å². The Morgan fingerprint density at radius 1 is 0.483 bits per heavy atom. The molecule has 2 aromatic rings. The Balaban J connectivity index is 0.000000369. The molecule has 2 saturated carbocycles. The molecule has 0 atom stereocenters. The van der Waals surface area contributed by atoms with E-state index >= 15 is 0 Å². The van der Waals surface area contributed by atoms with Gasteiger partial charge in [-0.3, -0.25) is 0 Å². The molecule has 29 heavy (non-hydrogen) atoms. The van der Waals surface area contributed by atoms with E-state index in [1.54, 1.807) is 24.3 Å². The Kier molecular flexibility index (Phi) is 16.4. The van der Waals surface area contributed by atoms with Crippen LogP contribution >= 0.6 is 0 Å². The molecular weight excluding hydrogens is 396 g/mol. The van der Waals surface area contributed by atoms with Gasteiger partial charge in [0.15, 0.2) is 0 Å². The zero-order valence-electron chi connectivity index (χ0n) is 17.0. The number of hydrogen-bond donors (Lipinski definition) is 2. The molecule has 0 unspecified atom stereocenters. The molecule has 2 aliphatic rings. The second-order valence-electron chi connectivity index (χ2n) is 6.85. The SMILES string of the molecule is C1CCCC1.C1CCCC1.N#Cc1ccc(O)cc1.N#Cc1ccc(O)cc1.[Ti+2]. The summed E-state index contributed by atoms with van der Waals surface area (Å²) in [5, 5.41) is 34.1. The molecule has 2 fully saturated rings. The van der Waals surface area contributed by atoms with Crippen molar-refractivity contribution in [2.75, 3.05) is 0 Å². The number of rotatable bonds is 0. The molecule has 0 aromatic heterocycles. The Morgan fingerprint density at radius 2 is 0.690 bits per heavy atom. The van der Waals surface area contributed by atoms with E-state index in [1.165, 1.54) is 88.5 Å².